The summed E-state index contributed by atoms with van der Waals surface area (Å²) in [5.41, 5.74) is 0. The van der Waals surface area contributed by atoms with E-state index >= 15 is 0 Å². The summed E-state index contributed by atoms with van der Waals surface area (Å²) in [4.78, 5) is 9.89. The molecule has 1 N–H and O–H groups in total. The molecule has 0 amide bonds. The summed E-state index contributed by atoms with van der Waals surface area (Å²) in [6.45, 7) is 0.733. The predicted molar refractivity (Wildman–Crippen MR) is 23.0 cm³/mol. The fourth-order valence-electron chi connectivity index (χ4n) is 0.460. The minimum absolute atomic E-state index is 0.375. The highest BCUT2D eigenvalue weighted by Crippen LogP contribution is 2.02. The lowest BCUT2D eigenvalue weighted by Gasteiger charge is -2.19. The molecule has 7 heavy (non-hydrogen) atoms. The third-order valence-corrected chi connectivity index (χ3v) is 1.04. The van der Waals surface area contributed by atoms with Gasteiger partial charge in [0.1, 0.15) is 6.04 Å². The number of carboxylic acids is 1. The molecule has 0 aliphatic carbocycles. The molecule has 0 aromatic carbocycles. The highest BCUT2D eigenvalue weighted by atomic mass is 16.4. The van der Waals surface area contributed by atoms with Crippen LogP contribution < -0.4 is 5.32 Å². The average Bonchev–Trinajstić information content (AvgIpc) is 1.23. The van der Waals surface area contributed by atoms with E-state index in [1.165, 1.54) is 0 Å². The van der Waals surface area contributed by atoms with Crippen LogP contribution in [-0.4, -0.2) is 23.7 Å². The number of aliphatic carboxylic acids is 1. The molecule has 0 unspecified atom stereocenters. The molecular weight excluding hydrogens is 94.0 g/mol. The van der Waals surface area contributed by atoms with Crippen molar-refractivity contribution < 1.29 is 9.90 Å². The minimum Gasteiger partial charge on any atom is -0.480 e. The van der Waals surface area contributed by atoms with Crippen molar-refractivity contribution in [2.24, 2.45) is 0 Å². The van der Waals surface area contributed by atoms with Crippen molar-refractivity contribution in [2.75, 3.05) is 6.54 Å². The fraction of sp³-hybridized carbons (Fsp3) is 0.750. The lowest BCUT2D eigenvalue weighted by atomic mass is 10.1. The van der Waals surface area contributed by atoms with E-state index < -0.39 is 5.97 Å². The molecule has 0 saturated carbocycles. The van der Waals surface area contributed by atoms with Gasteiger partial charge in [-0.3, -0.25) is 4.79 Å². The molecule has 0 aromatic heterocycles. The van der Waals surface area contributed by atoms with Crippen molar-refractivity contribution in [1.29, 1.82) is 0 Å². The van der Waals surface area contributed by atoms with E-state index in [1.807, 2.05) is 0 Å². The van der Waals surface area contributed by atoms with Crippen LogP contribution in [0.5, 0.6) is 0 Å². The van der Waals surface area contributed by atoms with E-state index in [2.05, 4.69) is 5.32 Å². The fourth-order valence-corrected chi connectivity index (χ4v) is 0.460. The molecule has 1 aliphatic heterocycles. The molecule has 0 bridgehead atoms. The molecule has 39 valence electrons. The van der Waals surface area contributed by atoms with Gasteiger partial charge < -0.3 is 5.11 Å². The Morgan fingerprint density at radius 2 is 2.43 bits per heavy atom. The Bertz CT molecular complexity index is 87.7. The Kier molecular flexibility index (Phi) is 0.982. The Hall–Kier alpha value is -0.570. The lowest BCUT2D eigenvalue weighted by Crippen LogP contribution is -2.42. The zero-order chi connectivity index (χ0) is 5.28. The summed E-state index contributed by atoms with van der Waals surface area (Å²) >= 11 is 0. The average molecular weight is 100 g/mol. The predicted octanol–water partition coefficient (Wildman–Crippen LogP) is -0.552. The maximum atomic E-state index is 9.89. The number of hydrogen-bond acceptors (Lipinski definition) is 1. The van der Waals surface area contributed by atoms with Gasteiger partial charge in [0.15, 0.2) is 0 Å². The molecule has 1 aliphatic rings. The van der Waals surface area contributed by atoms with Gasteiger partial charge in [-0.05, 0) is 6.42 Å². The van der Waals surface area contributed by atoms with Gasteiger partial charge in [0.05, 0.1) is 0 Å². The first-order chi connectivity index (χ1) is 3.30. The molecule has 1 atom stereocenters. The van der Waals surface area contributed by atoms with Gasteiger partial charge in [-0.1, -0.05) is 0 Å². The number of hydrogen-bond donors (Lipinski definition) is 1. The van der Waals surface area contributed by atoms with Crippen LogP contribution in [0.2, 0.25) is 0 Å². The van der Waals surface area contributed by atoms with E-state index in [0.29, 0.717) is 0 Å². The molecule has 1 rings (SSSR count). The molecule has 1 radical (unpaired) electrons. The van der Waals surface area contributed by atoms with E-state index in [9.17, 15) is 4.79 Å². The molecule has 1 fully saturated rings. The van der Waals surface area contributed by atoms with Gasteiger partial charge in [-0.25, -0.2) is 5.32 Å². The summed E-state index contributed by atoms with van der Waals surface area (Å²) in [7, 11) is 0. The van der Waals surface area contributed by atoms with E-state index in [0.717, 1.165) is 13.0 Å². The second kappa shape index (κ2) is 1.50. The van der Waals surface area contributed by atoms with Crippen LogP contribution in [0.4, 0.5) is 0 Å². The van der Waals surface area contributed by atoms with Gasteiger partial charge in [0.2, 0.25) is 0 Å². The third kappa shape index (κ3) is 0.718. The third-order valence-electron chi connectivity index (χ3n) is 1.04. The SMILES string of the molecule is O=C(O)[C@@H]1CC[N]1. The Labute approximate surface area is 41.3 Å². The Balaban J connectivity index is 2.27. The second-order valence-corrected chi connectivity index (χ2v) is 1.55. The Morgan fingerprint density at radius 3 is 2.43 bits per heavy atom. The van der Waals surface area contributed by atoms with E-state index in [4.69, 9.17) is 5.11 Å². The van der Waals surface area contributed by atoms with Crippen LogP contribution in [-0.2, 0) is 4.79 Å². The smallest absolute Gasteiger partial charge is 0.322 e. The molecule has 3 nitrogen and oxygen atoms in total. The van der Waals surface area contributed by atoms with E-state index in [1.54, 1.807) is 0 Å². The molecule has 3 heteroatoms. The summed E-state index contributed by atoms with van der Waals surface area (Å²) in [6, 6.07) is -0.375. The Morgan fingerprint density at radius 1 is 1.86 bits per heavy atom. The maximum absolute atomic E-state index is 9.89. The highest BCUT2D eigenvalue weighted by Gasteiger charge is 2.24. The van der Waals surface area contributed by atoms with Crippen molar-refractivity contribution in [3.8, 4) is 0 Å². The number of carbonyl (C=O) groups is 1. The zero-order valence-corrected chi connectivity index (χ0v) is 3.79. The normalized spacial score (nSPS) is 28.9. The molecular formula is C4H6NO2. The van der Waals surface area contributed by atoms with Crippen LogP contribution in [0.3, 0.4) is 0 Å². The molecule has 1 saturated heterocycles. The second-order valence-electron chi connectivity index (χ2n) is 1.55. The molecule has 0 spiro atoms. The van der Waals surface area contributed by atoms with Gasteiger partial charge in [-0.15, -0.1) is 0 Å². The number of carboxylic acid groups (broad SMARTS) is 1. The van der Waals surface area contributed by atoms with Crippen LogP contribution in [0.15, 0.2) is 0 Å². The van der Waals surface area contributed by atoms with Crippen molar-refractivity contribution in [1.82, 2.24) is 5.32 Å². The van der Waals surface area contributed by atoms with E-state index in [-0.39, 0.29) is 6.04 Å². The maximum Gasteiger partial charge on any atom is 0.322 e. The largest absolute Gasteiger partial charge is 0.480 e. The summed E-state index contributed by atoms with van der Waals surface area (Å²) in [6.07, 6.45) is 0.731. The molecule has 1 heterocycles. The first-order valence-corrected chi connectivity index (χ1v) is 2.20. The van der Waals surface area contributed by atoms with Crippen molar-refractivity contribution in [3.63, 3.8) is 0 Å². The quantitative estimate of drug-likeness (QED) is 0.480. The topological polar surface area (TPSA) is 51.4 Å². The van der Waals surface area contributed by atoms with Crippen LogP contribution in [0.1, 0.15) is 6.42 Å². The highest BCUT2D eigenvalue weighted by molar-refractivity contribution is 5.74. The van der Waals surface area contributed by atoms with Crippen molar-refractivity contribution >= 4 is 5.97 Å². The first-order valence-electron chi connectivity index (χ1n) is 2.20. The van der Waals surface area contributed by atoms with Gasteiger partial charge in [0.25, 0.3) is 0 Å². The van der Waals surface area contributed by atoms with Gasteiger partial charge >= 0.3 is 5.97 Å². The van der Waals surface area contributed by atoms with Crippen LogP contribution >= 0.6 is 0 Å². The monoisotopic (exact) mass is 100 g/mol. The molecule has 0 aromatic rings. The minimum atomic E-state index is -0.786. The van der Waals surface area contributed by atoms with Gasteiger partial charge in [-0.2, -0.15) is 0 Å². The van der Waals surface area contributed by atoms with Gasteiger partial charge in [0, 0.05) is 6.54 Å². The lowest BCUT2D eigenvalue weighted by molar-refractivity contribution is -0.141. The summed E-state index contributed by atoms with van der Waals surface area (Å²) in [5.74, 6) is -0.786. The van der Waals surface area contributed by atoms with Crippen LogP contribution in [0, 0.1) is 0 Å². The number of nitrogens with zero attached hydrogens (tertiary/aromatic N) is 1. The van der Waals surface area contributed by atoms with Crippen molar-refractivity contribution in [3.05, 3.63) is 0 Å². The number of rotatable bonds is 1. The standard InChI is InChI=1S/C4H6NO2/c6-4(7)3-1-2-5-3/h3H,1-2H2,(H,6,7)/t3-/m0/s1. The summed E-state index contributed by atoms with van der Waals surface area (Å²) < 4.78 is 0. The van der Waals surface area contributed by atoms with Crippen molar-refractivity contribution in [2.45, 2.75) is 12.5 Å². The zero-order valence-electron chi connectivity index (χ0n) is 3.79. The summed E-state index contributed by atoms with van der Waals surface area (Å²) in [5, 5.41) is 11.8. The van der Waals surface area contributed by atoms with Crippen LogP contribution in [0.25, 0.3) is 0 Å². The first kappa shape index (κ1) is 4.59.